The first-order chi connectivity index (χ1) is 53.8. The van der Waals surface area contributed by atoms with Crippen LogP contribution in [0.5, 0.6) is 46.0 Å². The zero-order chi connectivity index (χ0) is 80.4. The lowest BCUT2D eigenvalue weighted by Crippen LogP contribution is -2.02. The molecule has 0 saturated carbocycles. The van der Waals surface area contributed by atoms with Crippen LogP contribution in [0.2, 0.25) is 0 Å². The summed E-state index contributed by atoms with van der Waals surface area (Å²) < 4.78 is 0. The first-order valence-electron chi connectivity index (χ1n) is 39.7. The van der Waals surface area contributed by atoms with Crippen molar-refractivity contribution in [2.45, 2.75) is 181 Å². The van der Waals surface area contributed by atoms with Gasteiger partial charge in [0.15, 0.2) is 0 Å². The first kappa shape index (κ1) is 84.5. The van der Waals surface area contributed by atoms with Gasteiger partial charge in [0, 0.05) is 0 Å². The molecular formula is C104H116O8. The Hall–Kier alpha value is -11.5. The molecule has 8 heteroatoms. The highest BCUT2D eigenvalue weighted by molar-refractivity contribution is 5.45. The van der Waals surface area contributed by atoms with Gasteiger partial charge in [-0.2, -0.15) is 0 Å². The van der Waals surface area contributed by atoms with E-state index in [2.05, 4.69) is 204 Å². The Morgan fingerprint density at radius 1 is 0.232 bits per heavy atom. The van der Waals surface area contributed by atoms with Crippen LogP contribution in [0.4, 0.5) is 0 Å². The Balaban J connectivity index is 0.000000172. The minimum absolute atomic E-state index is 0.244. The van der Waals surface area contributed by atoms with E-state index >= 15 is 0 Å². The topological polar surface area (TPSA) is 162 Å². The van der Waals surface area contributed by atoms with Gasteiger partial charge in [-0.3, -0.25) is 0 Å². The molecule has 0 aliphatic heterocycles. The molecule has 580 valence electrons. The van der Waals surface area contributed by atoms with Crippen molar-refractivity contribution in [3.63, 3.8) is 0 Å². The number of aryl methyl sites for hydroxylation is 2. The molecule has 0 bridgehead atoms. The molecule has 0 radical (unpaired) electrons. The molecule has 8 nitrogen and oxygen atoms in total. The lowest BCUT2D eigenvalue weighted by Gasteiger charge is -2.17. The van der Waals surface area contributed by atoms with Crippen LogP contribution in [0.3, 0.4) is 0 Å². The van der Waals surface area contributed by atoms with Gasteiger partial charge in [0.25, 0.3) is 0 Å². The quantitative estimate of drug-likeness (QED) is 0.0225. The van der Waals surface area contributed by atoms with E-state index in [1.807, 2.05) is 84.9 Å². The maximum Gasteiger partial charge on any atom is 0.119 e. The van der Waals surface area contributed by atoms with Crippen molar-refractivity contribution in [2.24, 2.45) is 0 Å². The molecule has 12 rings (SSSR count). The third-order valence-electron chi connectivity index (χ3n) is 21.7. The largest absolute Gasteiger partial charge is 0.508 e. The first-order valence-corrected chi connectivity index (χ1v) is 39.7. The Bertz CT molecular complexity index is 4520. The van der Waals surface area contributed by atoms with Gasteiger partial charge in [-0.25, -0.2) is 0 Å². The van der Waals surface area contributed by atoms with Crippen LogP contribution in [0, 0.1) is 13.8 Å². The van der Waals surface area contributed by atoms with E-state index in [4.69, 9.17) is 0 Å². The summed E-state index contributed by atoms with van der Waals surface area (Å²) in [5.74, 6) is 5.47. The van der Waals surface area contributed by atoms with E-state index in [1.165, 1.54) is 89.0 Å². The van der Waals surface area contributed by atoms with Gasteiger partial charge in [0.1, 0.15) is 46.0 Å². The summed E-state index contributed by atoms with van der Waals surface area (Å²) in [6.07, 6.45) is 12.6. The molecule has 12 aromatic carbocycles. The lowest BCUT2D eigenvalue weighted by molar-refractivity contribution is 0.462. The van der Waals surface area contributed by atoms with Crippen molar-refractivity contribution in [3.05, 3.63) is 403 Å². The summed E-state index contributed by atoms with van der Waals surface area (Å²) in [6, 6.07) is 88.5. The lowest BCUT2D eigenvalue weighted by atomic mass is 9.89. The van der Waals surface area contributed by atoms with E-state index in [-0.39, 0.29) is 11.8 Å². The fourth-order valence-electron chi connectivity index (χ4n) is 15.1. The molecule has 0 amide bonds. The van der Waals surface area contributed by atoms with Gasteiger partial charge in [0.2, 0.25) is 0 Å². The molecule has 112 heavy (non-hydrogen) atoms. The summed E-state index contributed by atoms with van der Waals surface area (Å²) in [5, 5.41) is 78.3. The number of aromatic hydroxyl groups is 8. The van der Waals surface area contributed by atoms with Gasteiger partial charge in [-0.05, 0) is 298 Å². The van der Waals surface area contributed by atoms with Crippen LogP contribution in [0.25, 0.3) is 0 Å². The zero-order valence-electron chi connectivity index (χ0n) is 67.2. The fraction of sp³-hybridized carbons (Fsp3) is 0.269. The van der Waals surface area contributed by atoms with Crippen molar-refractivity contribution in [2.75, 3.05) is 0 Å². The van der Waals surface area contributed by atoms with Crippen LogP contribution >= 0.6 is 0 Å². The van der Waals surface area contributed by atoms with Crippen molar-refractivity contribution < 1.29 is 40.9 Å². The maximum absolute atomic E-state index is 10.2. The summed E-state index contributed by atoms with van der Waals surface area (Å²) in [7, 11) is 0. The van der Waals surface area contributed by atoms with Crippen molar-refractivity contribution in [3.8, 4) is 46.0 Å². The zero-order valence-corrected chi connectivity index (χ0v) is 67.2. The predicted octanol–water partition coefficient (Wildman–Crippen LogP) is 25.2. The molecule has 12 aromatic rings. The van der Waals surface area contributed by atoms with Crippen molar-refractivity contribution in [1.82, 2.24) is 0 Å². The van der Waals surface area contributed by atoms with Crippen molar-refractivity contribution in [1.29, 1.82) is 0 Å². The highest BCUT2D eigenvalue weighted by Gasteiger charge is 2.19. The Morgan fingerprint density at radius 3 is 0.670 bits per heavy atom. The van der Waals surface area contributed by atoms with Crippen LogP contribution in [0.1, 0.15) is 214 Å². The molecule has 0 spiro atoms. The van der Waals surface area contributed by atoms with Crippen LogP contribution in [0.15, 0.2) is 292 Å². The molecule has 0 saturated heterocycles. The highest BCUT2D eigenvalue weighted by atomic mass is 16.3. The summed E-state index contributed by atoms with van der Waals surface area (Å²) in [4.78, 5) is 0. The van der Waals surface area contributed by atoms with Gasteiger partial charge >= 0.3 is 0 Å². The van der Waals surface area contributed by atoms with Crippen LogP contribution in [-0.2, 0) is 64.2 Å². The molecule has 0 aromatic heterocycles. The number of rotatable bonds is 28. The molecule has 0 aliphatic carbocycles. The number of allylic oxidation sites excluding steroid dienone is 2. The standard InChI is InChI=1S/C30H34O2.C26H30O2.2C24H26O2/c1-5-8-27-19-25(12-14-29(27)31)21(3)16-23-10-7-11-24(18-23)17-22(4)26-13-15-30(32)28(20-26)9-6-2;1-17-8-10-25(27)23(12-17)19(3)14-21-6-5-7-22(16-21)15-20(4)24-13-18(2)9-11-26(24)28;2*1-17(21-6-10-23(25)11-7-21)14-19-4-3-5-20(16-19)15-18(2)22-8-12-24(26)13-9-22/h5-7,10-15,18-22,31-32H,1-2,8-9,16-17H2,3-4H3;5-13,16,19-20,27-28H,14-15H2,1-4H3;2*3-13,16-18,25-26H,14-15H2,1-2H3. The molecule has 8 unspecified atom stereocenters. The number of benzene rings is 12. The van der Waals surface area contributed by atoms with Crippen LogP contribution in [-0.4, -0.2) is 40.9 Å². The Kier molecular flexibility index (Phi) is 31.3. The average Bonchev–Trinajstić information content (AvgIpc) is 0.890. The molecule has 0 heterocycles. The smallest absolute Gasteiger partial charge is 0.119 e. The van der Waals surface area contributed by atoms with E-state index in [1.54, 1.807) is 72.8 Å². The Morgan fingerprint density at radius 2 is 0.438 bits per heavy atom. The number of hydrogen-bond donors (Lipinski definition) is 8. The third-order valence-corrected chi connectivity index (χ3v) is 21.7. The van der Waals surface area contributed by atoms with Gasteiger partial charge < -0.3 is 40.9 Å². The number of phenols is 8. The summed E-state index contributed by atoms with van der Waals surface area (Å²) >= 11 is 0. The number of hydrogen-bond acceptors (Lipinski definition) is 8. The van der Waals surface area contributed by atoms with E-state index in [0.29, 0.717) is 94.3 Å². The Labute approximate surface area is 667 Å². The van der Waals surface area contributed by atoms with Gasteiger partial charge in [-0.15, -0.1) is 13.2 Å². The second kappa shape index (κ2) is 41.5. The highest BCUT2D eigenvalue weighted by Crippen LogP contribution is 2.36. The van der Waals surface area contributed by atoms with E-state index < -0.39 is 0 Å². The SMILES string of the molecule is C=CCc1cc(C(C)Cc2cccc(CC(C)c3ccc(O)c(CC=C)c3)c2)ccc1O.CC(Cc1cccc(CC(C)c2ccc(O)cc2)c1)c1ccc(O)cc1.CC(Cc1cccc(CC(C)c2ccc(O)cc2)c1)c1ccc(O)cc1.Cc1ccc(O)c(C(C)Cc2cccc(CC(C)c3cc(C)ccc3O)c2)c1. The van der Waals surface area contributed by atoms with Gasteiger partial charge in [-0.1, -0.05) is 273 Å². The third kappa shape index (κ3) is 25.8. The van der Waals surface area contributed by atoms with E-state index in [0.717, 1.165) is 73.6 Å². The number of phenolic OH excluding ortho intramolecular Hbond substituents is 8. The molecule has 0 aliphatic rings. The normalized spacial score (nSPS) is 13.2. The van der Waals surface area contributed by atoms with E-state index in [9.17, 15) is 40.9 Å². The minimum atomic E-state index is 0.244. The molecule has 8 atom stereocenters. The minimum Gasteiger partial charge on any atom is -0.508 e. The summed E-state index contributed by atoms with van der Waals surface area (Å²) in [6.45, 7) is 29.3. The monoisotopic (exact) mass is 1490 g/mol. The average molecular weight is 1490 g/mol. The van der Waals surface area contributed by atoms with Gasteiger partial charge in [0.05, 0.1) is 0 Å². The molecule has 0 fully saturated rings. The summed E-state index contributed by atoms with van der Waals surface area (Å²) in [5.41, 5.74) is 24.1. The van der Waals surface area contributed by atoms with Crippen molar-refractivity contribution >= 4 is 0 Å². The second-order valence-corrected chi connectivity index (χ2v) is 31.4. The predicted molar refractivity (Wildman–Crippen MR) is 465 cm³/mol. The molecular weight excluding hydrogens is 1380 g/mol. The maximum atomic E-state index is 10.2. The fourth-order valence-corrected chi connectivity index (χ4v) is 15.1. The second-order valence-electron chi connectivity index (χ2n) is 31.4. The molecule has 8 N–H and O–H groups in total. The van der Waals surface area contributed by atoms with Crippen LogP contribution < -0.4 is 0 Å².